The minimum absolute atomic E-state index is 0.0501. The smallest absolute Gasteiger partial charge is 0.218 e. The number of benzene rings is 1. The molecule has 1 saturated heterocycles. The van der Waals surface area contributed by atoms with Gasteiger partial charge >= 0.3 is 0 Å². The first-order chi connectivity index (χ1) is 8.51. The summed E-state index contributed by atoms with van der Waals surface area (Å²) in [4.78, 5) is 0. The Balaban J connectivity index is 2.08. The van der Waals surface area contributed by atoms with Crippen LogP contribution in [-0.4, -0.2) is 25.8 Å². The van der Waals surface area contributed by atoms with E-state index in [0.29, 0.717) is 24.7 Å². The molecule has 1 aromatic carbocycles. The summed E-state index contributed by atoms with van der Waals surface area (Å²) in [6, 6.07) is 7.09. The van der Waals surface area contributed by atoms with Gasteiger partial charge in [-0.05, 0) is 30.0 Å². The fourth-order valence-electron chi connectivity index (χ4n) is 2.37. The van der Waals surface area contributed by atoms with Crippen molar-refractivity contribution in [1.29, 1.82) is 0 Å². The average molecular weight is 268 g/mol. The number of sulfonamides is 1. The Morgan fingerprint density at radius 2 is 2.22 bits per heavy atom. The van der Waals surface area contributed by atoms with Crippen LogP contribution < -0.4 is 5.73 Å². The zero-order valence-electron chi connectivity index (χ0n) is 10.7. The summed E-state index contributed by atoms with van der Waals surface area (Å²) in [5, 5.41) is 0. The van der Waals surface area contributed by atoms with Crippen LogP contribution in [0, 0.1) is 5.92 Å². The summed E-state index contributed by atoms with van der Waals surface area (Å²) in [7, 11) is -3.20. The van der Waals surface area contributed by atoms with Crippen LogP contribution in [0.3, 0.4) is 0 Å². The molecule has 5 heteroatoms. The molecule has 0 aliphatic carbocycles. The SMILES string of the molecule is CCC1CCN(S(=O)(=O)Cc2cccc(N)c2)C1. The summed E-state index contributed by atoms with van der Waals surface area (Å²) in [6.45, 7) is 3.43. The molecule has 18 heavy (non-hydrogen) atoms. The van der Waals surface area contributed by atoms with Crippen molar-refractivity contribution >= 4 is 15.7 Å². The Morgan fingerprint density at radius 3 is 2.83 bits per heavy atom. The van der Waals surface area contributed by atoms with E-state index in [2.05, 4.69) is 6.92 Å². The van der Waals surface area contributed by atoms with E-state index < -0.39 is 10.0 Å². The fourth-order valence-corrected chi connectivity index (χ4v) is 3.97. The summed E-state index contributed by atoms with van der Waals surface area (Å²) >= 11 is 0. The second kappa shape index (κ2) is 5.28. The Labute approximate surface area is 109 Å². The molecule has 0 saturated carbocycles. The summed E-state index contributed by atoms with van der Waals surface area (Å²) in [6.07, 6.45) is 2.02. The zero-order chi connectivity index (χ0) is 13.2. The average Bonchev–Trinajstić information content (AvgIpc) is 2.77. The highest BCUT2D eigenvalue weighted by Crippen LogP contribution is 2.24. The van der Waals surface area contributed by atoms with Crippen molar-refractivity contribution in [2.45, 2.75) is 25.5 Å². The molecule has 1 unspecified atom stereocenters. The maximum absolute atomic E-state index is 12.3. The first-order valence-electron chi connectivity index (χ1n) is 6.33. The number of nitrogen functional groups attached to an aromatic ring is 1. The lowest BCUT2D eigenvalue weighted by atomic mass is 10.1. The molecule has 0 aromatic heterocycles. The van der Waals surface area contributed by atoms with E-state index in [-0.39, 0.29) is 5.75 Å². The monoisotopic (exact) mass is 268 g/mol. The molecular formula is C13H20N2O2S. The van der Waals surface area contributed by atoms with Gasteiger partial charge < -0.3 is 5.73 Å². The van der Waals surface area contributed by atoms with Gasteiger partial charge in [-0.2, -0.15) is 0 Å². The van der Waals surface area contributed by atoms with Gasteiger partial charge in [-0.15, -0.1) is 0 Å². The third kappa shape index (κ3) is 3.03. The van der Waals surface area contributed by atoms with Gasteiger partial charge in [-0.25, -0.2) is 12.7 Å². The number of hydrogen-bond donors (Lipinski definition) is 1. The van der Waals surface area contributed by atoms with Crippen LogP contribution in [0.15, 0.2) is 24.3 Å². The van der Waals surface area contributed by atoms with Crippen molar-refractivity contribution in [3.8, 4) is 0 Å². The molecule has 1 atom stereocenters. The molecule has 1 aromatic rings. The van der Waals surface area contributed by atoms with Gasteiger partial charge in [0.2, 0.25) is 10.0 Å². The van der Waals surface area contributed by atoms with Crippen LogP contribution in [0.5, 0.6) is 0 Å². The first kappa shape index (κ1) is 13.4. The summed E-state index contributed by atoms with van der Waals surface area (Å²) in [5.74, 6) is 0.565. The predicted molar refractivity (Wildman–Crippen MR) is 73.4 cm³/mol. The second-order valence-corrected chi connectivity index (χ2v) is 6.89. The van der Waals surface area contributed by atoms with E-state index in [1.807, 2.05) is 0 Å². The number of anilines is 1. The van der Waals surface area contributed by atoms with Gasteiger partial charge in [-0.1, -0.05) is 25.5 Å². The zero-order valence-corrected chi connectivity index (χ0v) is 11.5. The molecule has 1 heterocycles. The fraction of sp³-hybridized carbons (Fsp3) is 0.538. The molecule has 2 rings (SSSR count). The maximum atomic E-state index is 12.3. The largest absolute Gasteiger partial charge is 0.399 e. The Morgan fingerprint density at radius 1 is 1.44 bits per heavy atom. The number of nitrogens with two attached hydrogens (primary N) is 1. The van der Waals surface area contributed by atoms with Gasteiger partial charge in [0, 0.05) is 18.8 Å². The van der Waals surface area contributed by atoms with Crippen molar-refractivity contribution in [2.24, 2.45) is 5.92 Å². The van der Waals surface area contributed by atoms with E-state index in [1.165, 1.54) is 0 Å². The molecule has 2 N–H and O–H groups in total. The van der Waals surface area contributed by atoms with Crippen molar-refractivity contribution in [3.05, 3.63) is 29.8 Å². The van der Waals surface area contributed by atoms with Crippen LogP contribution in [-0.2, 0) is 15.8 Å². The van der Waals surface area contributed by atoms with Gasteiger partial charge in [0.05, 0.1) is 5.75 Å². The maximum Gasteiger partial charge on any atom is 0.218 e. The van der Waals surface area contributed by atoms with Gasteiger partial charge in [0.15, 0.2) is 0 Å². The molecule has 0 spiro atoms. The standard InChI is InChI=1S/C13H20N2O2S/c1-2-11-6-7-15(9-11)18(16,17)10-12-4-3-5-13(14)8-12/h3-5,8,11H,2,6-7,9-10,14H2,1H3. The van der Waals surface area contributed by atoms with Gasteiger partial charge in [0.25, 0.3) is 0 Å². The summed E-state index contributed by atoms with van der Waals surface area (Å²) in [5.41, 5.74) is 7.03. The minimum Gasteiger partial charge on any atom is -0.399 e. The van der Waals surface area contributed by atoms with Crippen LogP contribution in [0.2, 0.25) is 0 Å². The molecule has 1 aliphatic rings. The molecule has 100 valence electrons. The van der Waals surface area contributed by atoms with Gasteiger partial charge in [-0.3, -0.25) is 0 Å². The van der Waals surface area contributed by atoms with Crippen LogP contribution in [0.1, 0.15) is 25.3 Å². The lowest BCUT2D eigenvalue weighted by Gasteiger charge is -2.16. The van der Waals surface area contributed by atoms with Crippen molar-refractivity contribution < 1.29 is 8.42 Å². The summed E-state index contributed by atoms with van der Waals surface area (Å²) < 4.78 is 26.1. The quantitative estimate of drug-likeness (QED) is 0.847. The highest BCUT2D eigenvalue weighted by molar-refractivity contribution is 7.88. The van der Waals surface area contributed by atoms with Gasteiger partial charge in [0.1, 0.15) is 0 Å². The third-order valence-corrected chi connectivity index (χ3v) is 5.34. The van der Waals surface area contributed by atoms with Crippen molar-refractivity contribution in [2.75, 3.05) is 18.8 Å². The second-order valence-electron chi connectivity index (χ2n) is 4.92. The lowest BCUT2D eigenvalue weighted by Crippen LogP contribution is -2.30. The minimum atomic E-state index is -3.20. The topological polar surface area (TPSA) is 63.4 Å². The predicted octanol–water partition coefficient (Wildman–Crippen LogP) is 1.83. The molecule has 0 radical (unpaired) electrons. The molecule has 4 nitrogen and oxygen atoms in total. The Kier molecular flexibility index (Phi) is 3.92. The third-order valence-electron chi connectivity index (χ3n) is 3.52. The van der Waals surface area contributed by atoms with Crippen molar-refractivity contribution in [1.82, 2.24) is 4.31 Å². The van der Waals surface area contributed by atoms with Crippen LogP contribution >= 0.6 is 0 Å². The highest BCUT2D eigenvalue weighted by atomic mass is 32.2. The van der Waals surface area contributed by atoms with E-state index in [0.717, 1.165) is 18.4 Å². The van der Waals surface area contributed by atoms with E-state index in [9.17, 15) is 8.42 Å². The van der Waals surface area contributed by atoms with Crippen LogP contribution in [0.25, 0.3) is 0 Å². The first-order valence-corrected chi connectivity index (χ1v) is 7.94. The van der Waals surface area contributed by atoms with Crippen molar-refractivity contribution in [3.63, 3.8) is 0 Å². The van der Waals surface area contributed by atoms with E-state index in [1.54, 1.807) is 28.6 Å². The normalized spacial score (nSPS) is 21.3. The number of nitrogens with zero attached hydrogens (tertiary/aromatic N) is 1. The molecule has 1 fully saturated rings. The molecular weight excluding hydrogens is 248 g/mol. The molecule has 0 bridgehead atoms. The number of rotatable bonds is 4. The Hall–Kier alpha value is -1.07. The van der Waals surface area contributed by atoms with Crippen LogP contribution in [0.4, 0.5) is 5.69 Å². The molecule has 0 amide bonds. The lowest BCUT2D eigenvalue weighted by molar-refractivity contribution is 0.452. The van der Waals surface area contributed by atoms with E-state index in [4.69, 9.17) is 5.73 Å². The Bertz CT molecular complexity index is 513. The number of hydrogen-bond acceptors (Lipinski definition) is 3. The molecule has 1 aliphatic heterocycles. The van der Waals surface area contributed by atoms with E-state index >= 15 is 0 Å². The highest BCUT2D eigenvalue weighted by Gasteiger charge is 2.30.